The Labute approximate surface area is 185 Å². The minimum absolute atomic E-state index is 0.0136. The van der Waals surface area contributed by atoms with E-state index in [0.29, 0.717) is 35.1 Å². The third-order valence-electron chi connectivity index (χ3n) is 5.77. The Balaban J connectivity index is 1.33. The minimum atomic E-state index is -0.555. The highest BCUT2D eigenvalue weighted by Crippen LogP contribution is 2.26. The fraction of sp³-hybridized carbons (Fsp3) is 0.348. The number of likely N-dealkylation sites (tertiary alicyclic amines) is 1. The van der Waals surface area contributed by atoms with Crippen LogP contribution in [0.3, 0.4) is 0 Å². The van der Waals surface area contributed by atoms with Crippen LogP contribution in [0.15, 0.2) is 48.5 Å². The van der Waals surface area contributed by atoms with E-state index in [4.69, 9.17) is 16.3 Å². The van der Waals surface area contributed by atoms with E-state index in [1.165, 1.54) is 4.90 Å². The molecular weight excluding hydrogens is 418 g/mol. The number of ether oxygens (including phenoxy) is 1. The van der Waals surface area contributed by atoms with Crippen molar-refractivity contribution in [3.63, 3.8) is 0 Å². The molecule has 1 atom stereocenters. The molecule has 2 heterocycles. The summed E-state index contributed by atoms with van der Waals surface area (Å²) in [6, 6.07) is 13.3. The normalized spacial score (nSPS) is 19.7. The van der Waals surface area contributed by atoms with Gasteiger partial charge in [0, 0.05) is 29.7 Å². The van der Waals surface area contributed by atoms with Crippen LogP contribution in [0.2, 0.25) is 5.02 Å². The highest BCUT2D eigenvalue weighted by Gasteiger charge is 2.40. The molecule has 2 aliphatic heterocycles. The summed E-state index contributed by atoms with van der Waals surface area (Å²) in [7, 11) is 1.59. The van der Waals surface area contributed by atoms with Crippen molar-refractivity contribution >= 4 is 35.0 Å². The Morgan fingerprint density at radius 1 is 1.10 bits per heavy atom. The smallest absolute Gasteiger partial charge is 0.253 e. The number of nitrogens with one attached hydrogen (secondary N) is 1. The standard InChI is InChI=1S/C23H24ClN3O4/c1-31-19-7-5-15(6-8-19)22(29)26-11-9-17(10-12-26)25-20-14-21(28)27(23(20)30)18-4-2-3-16(24)13-18/h2-8,13,17,20,25H,9-12,14H2,1H3/t20-/m0/s1. The largest absolute Gasteiger partial charge is 0.497 e. The fourth-order valence-corrected chi connectivity index (χ4v) is 4.28. The van der Waals surface area contributed by atoms with E-state index in [1.54, 1.807) is 55.6 Å². The van der Waals surface area contributed by atoms with Crippen LogP contribution in [0, 0.1) is 0 Å². The van der Waals surface area contributed by atoms with Gasteiger partial charge in [0.05, 0.1) is 25.3 Å². The van der Waals surface area contributed by atoms with Gasteiger partial charge in [-0.25, -0.2) is 4.90 Å². The molecule has 0 saturated carbocycles. The summed E-state index contributed by atoms with van der Waals surface area (Å²) in [5.74, 6) is 0.198. The van der Waals surface area contributed by atoms with E-state index in [2.05, 4.69) is 5.32 Å². The number of amides is 3. The van der Waals surface area contributed by atoms with E-state index in [9.17, 15) is 14.4 Å². The summed E-state index contributed by atoms with van der Waals surface area (Å²) in [6.45, 7) is 1.19. The number of methoxy groups -OCH3 is 1. The lowest BCUT2D eigenvalue weighted by Crippen LogP contribution is -2.49. The predicted octanol–water partition coefficient (Wildman–Crippen LogP) is 2.87. The molecule has 8 heteroatoms. The lowest BCUT2D eigenvalue weighted by atomic mass is 10.0. The van der Waals surface area contributed by atoms with Crippen LogP contribution in [0.4, 0.5) is 5.69 Å². The summed E-state index contributed by atoms with van der Waals surface area (Å²) in [4.78, 5) is 41.0. The summed E-state index contributed by atoms with van der Waals surface area (Å²) < 4.78 is 5.13. The second-order valence-corrected chi connectivity index (χ2v) is 8.20. The first-order valence-electron chi connectivity index (χ1n) is 10.3. The highest BCUT2D eigenvalue weighted by atomic mass is 35.5. The van der Waals surface area contributed by atoms with Crippen LogP contribution in [-0.2, 0) is 9.59 Å². The average molecular weight is 442 g/mol. The predicted molar refractivity (Wildman–Crippen MR) is 117 cm³/mol. The lowest BCUT2D eigenvalue weighted by Gasteiger charge is -2.33. The first-order chi connectivity index (χ1) is 15.0. The van der Waals surface area contributed by atoms with Gasteiger partial charge in [0.25, 0.3) is 11.8 Å². The fourth-order valence-electron chi connectivity index (χ4n) is 4.10. The second kappa shape index (κ2) is 9.08. The van der Waals surface area contributed by atoms with Gasteiger partial charge in [0.1, 0.15) is 5.75 Å². The first kappa shape index (κ1) is 21.3. The van der Waals surface area contributed by atoms with Crippen molar-refractivity contribution in [3.8, 4) is 5.75 Å². The molecule has 2 aromatic carbocycles. The molecule has 0 aromatic heterocycles. The lowest BCUT2D eigenvalue weighted by molar-refractivity contribution is -0.121. The van der Waals surface area contributed by atoms with Gasteiger partial charge in [-0.05, 0) is 55.3 Å². The van der Waals surface area contributed by atoms with Crippen LogP contribution in [0.5, 0.6) is 5.75 Å². The molecule has 0 unspecified atom stereocenters. The van der Waals surface area contributed by atoms with Crippen LogP contribution >= 0.6 is 11.6 Å². The number of carbonyl (C=O) groups excluding carboxylic acids is 3. The summed E-state index contributed by atoms with van der Waals surface area (Å²) in [6.07, 6.45) is 1.56. The number of rotatable bonds is 5. The van der Waals surface area contributed by atoms with Crippen molar-refractivity contribution in [1.82, 2.24) is 10.2 Å². The monoisotopic (exact) mass is 441 g/mol. The molecule has 162 valence electrons. The third-order valence-corrected chi connectivity index (χ3v) is 6.00. The Hall–Kier alpha value is -2.90. The van der Waals surface area contributed by atoms with Crippen molar-refractivity contribution in [3.05, 3.63) is 59.1 Å². The maximum Gasteiger partial charge on any atom is 0.253 e. The van der Waals surface area contributed by atoms with Crippen LogP contribution in [-0.4, -0.2) is 54.9 Å². The van der Waals surface area contributed by atoms with Gasteiger partial charge in [0.15, 0.2) is 0 Å². The molecule has 31 heavy (non-hydrogen) atoms. The molecule has 0 spiro atoms. The van der Waals surface area contributed by atoms with Gasteiger partial charge < -0.3 is 15.0 Å². The molecular formula is C23H24ClN3O4. The maximum atomic E-state index is 12.8. The van der Waals surface area contributed by atoms with Crippen molar-refractivity contribution in [2.75, 3.05) is 25.1 Å². The molecule has 2 aromatic rings. The summed E-state index contributed by atoms with van der Waals surface area (Å²) in [5.41, 5.74) is 1.12. The maximum absolute atomic E-state index is 12.8. The van der Waals surface area contributed by atoms with Gasteiger partial charge >= 0.3 is 0 Å². The molecule has 7 nitrogen and oxygen atoms in total. The SMILES string of the molecule is COc1ccc(C(=O)N2CCC(N[C@H]3CC(=O)N(c4cccc(Cl)c4)C3=O)CC2)cc1. The number of piperidine rings is 1. The topological polar surface area (TPSA) is 79.0 Å². The number of benzene rings is 2. The van der Waals surface area contributed by atoms with Gasteiger partial charge in [-0.15, -0.1) is 0 Å². The van der Waals surface area contributed by atoms with Gasteiger partial charge in [-0.2, -0.15) is 0 Å². The molecule has 4 rings (SSSR count). The van der Waals surface area contributed by atoms with Gasteiger partial charge in [-0.3, -0.25) is 14.4 Å². The molecule has 2 fully saturated rings. The Morgan fingerprint density at radius 3 is 2.45 bits per heavy atom. The van der Waals surface area contributed by atoms with Crippen molar-refractivity contribution in [2.24, 2.45) is 0 Å². The van der Waals surface area contributed by atoms with Crippen molar-refractivity contribution < 1.29 is 19.1 Å². The number of nitrogens with zero attached hydrogens (tertiary/aromatic N) is 2. The Bertz CT molecular complexity index is 987. The number of anilines is 1. The summed E-state index contributed by atoms with van der Waals surface area (Å²) in [5, 5.41) is 3.80. The van der Waals surface area contributed by atoms with Crippen LogP contribution < -0.4 is 15.0 Å². The quantitative estimate of drug-likeness (QED) is 0.722. The zero-order valence-corrected chi connectivity index (χ0v) is 18.0. The molecule has 2 saturated heterocycles. The summed E-state index contributed by atoms with van der Waals surface area (Å²) >= 11 is 6.01. The zero-order valence-electron chi connectivity index (χ0n) is 17.2. The molecule has 2 aliphatic rings. The van der Waals surface area contributed by atoms with Crippen LogP contribution in [0.1, 0.15) is 29.6 Å². The number of carbonyl (C=O) groups is 3. The van der Waals surface area contributed by atoms with Gasteiger partial charge in [0.2, 0.25) is 5.91 Å². The number of hydrogen-bond donors (Lipinski definition) is 1. The van der Waals surface area contributed by atoms with Crippen LogP contribution in [0.25, 0.3) is 0 Å². The molecule has 0 radical (unpaired) electrons. The number of halogens is 1. The third kappa shape index (κ3) is 4.57. The van der Waals surface area contributed by atoms with Gasteiger partial charge in [-0.1, -0.05) is 17.7 Å². The van der Waals surface area contributed by atoms with E-state index in [1.807, 2.05) is 4.90 Å². The number of hydrogen-bond acceptors (Lipinski definition) is 5. The average Bonchev–Trinajstić information content (AvgIpc) is 3.06. The van der Waals surface area contributed by atoms with E-state index in [0.717, 1.165) is 12.8 Å². The Morgan fingerprint density at radius 2 is 1.81 bits per heavy atom. The first-order valence-corrected chi connectivity index (χ1v) is 10.7. The van der Waals surface area contributed by atoms with E-state index in [-0.39, 0.29) is 30.2 Å². The second-order valence-electron chi connectivity index (χ2n) is 7.77. The van der Waals surface area contributed by atoms with Crippen molar-refractivity contribution in [1.29, 1.82) is 0 Å². The molecule has 0 aliphatic carbocycles. The highest BCUT2D eigenvalue weighted by molar-refractivity contribution is 6.31. The zero-order chi connectivity index (χ0) is 22.0. The molecule has 1 N–H and O–H groups in total. The minimum Gasteiger partial charge on any atom is -0.497 e. The number of imide groups is 1. The van der Waals surface area contributed by atoms with E-state index < -0.39 is 6.04 Å². The molecule has 0 bridgehead atoms. The Kier molecular flexibility index (Phi) is 6.25. The molecule has 3 amide bonds. The van der Waals surface area contributed by atoms with Crippen molar-refractivity contribution in [2.45, 2.75) is 31.3 Å². The van der Waals surface area contributed by atoms with E-state index >= 15 is 0 Å².